The lowest BCUT2D eigenvalue weighted by Crippen LogP contribution is -2.13. The minimum absolute atomic E-state index is 0.749. The van der Waals surface area contributed by atoms with Gasteiger partial charge in [-0.2, -0.15) is 0 Å². The van der Waals surface area contributed by atoms with E-state index in [1.54, 1.807) is 0 Å². The number of hydrogen-bond donors (Lipinski definition) is 0. The molecule has 0 spiro atoms. The van der Waals surface area contributed by atoms with E-state index in [4.69, 9.17) is 0 Å². The number of likely N-dealkylation sites (N-methyl/N-ethyl adjacent to an activating group) is 1. The predicted molar refractivity (Wildman–Crippen MR) is 66.7 cm³/mol. The highest BCUT2D eigenvalue weighted by Gasteiger charge is 2.20. The molecule has 1 unspecified atom stereocenters. The zero-order chi connectivity index (χ0) is 10.3. The molecule has 2 aromatic rings. The summed E-state index contributed by atoms with van der Waals surface area (Å²) < 4.78 is 1.41. The molecule has 2 heterocycles. The topological polar surface area (TPSA) is 3.24 Å². The summed E-state index contributed by atoms with van der Waals surface area (Å²) in [6.07, 6.45) is 1.31. The van der Waals surface area contributed by atoms with E-state index in [1.165, 1.54) is 35.2 Å². The minimum Gasteiger partial charge on any atom is -0.306 e. The third-order valence-electron chi connectivity index (χ3n) is 3.34. The molecule has 0 aliphatic carbocycles. The van der Waals surface area contributed by atoms with Crippen molar-refractivity contribution in [2.75, 3.05) is 20.1 Å². The van der Waals surface area contributed by atoms with Crippen LogP contribution in [0.15, 0.2) is 29.6 Å². The maximum Gasteiger partial charge on any atom is 0.0342 e. The van der Waals surface area contributed by atoms with E-state index in [9.17, 15) is 0 Å². The van der Waals surface area contributed by atoms with Crippen molar-refractivity contribution >= 4 is 21.4 Å². The molecule has 0 bridgehead atoms. The first-order valence-electron chi connectivity index (χ1n) is 5.48. The molecule has 1 saturated heterocycles. The van der Waals surface area contributed by atoms with Gasteiger partial charge in [-0.1, -0.05) is 6.07 Å². The quantitative estimate of drug-likeness (QED) is 0.708. The third-order valence-corrected chi connectivity index (χ3v) is 4.24. The first-order chi connectivity index (χ1) is 7.33. The van der Waals surface area contributed by atoms with Gasteiger partial charge in [-0.15, -0.1) is 11.3 Å². The Kier molecular flexibility index (Phi) is 2.26. The lowest BCUT2D eigenvalue weighted by molar-refractivity contribution is 0.411. The van der Waals surface area contributed by atoms with Gasteiger partial charge < -0.3 is 4.90 Å². The molecular weight excluding hydrogens is 202 g/mol. The summed E-state index contributed by atoms with van der Waals surface area (Å²) in [6.45, 7) is 2.46. The zero-order valence-electron chi connectivity index (χ0n) is 8.94. The van der Waals surface area contributed by atoms with Crippen LogP contribution < -0.4 is 0 Å². The number of hydrogen-bond acceptors (Lipinski definition) is 2. The fraction of sp³-hybridized carbons (Fsp3) is 0.385. The monoisotopic (exact) mass is 217 g/mol. The van der Waals surface area contributed by atoms with Gasteiger partial charge in [-0.25, -0.2) is 0 Å². The molecule has 1 atom stereocenters. The minimum atomic E-state index is 0.749. The molecule has 0 saturated carbocycles. The van der Waals surface area contributed by atoms with E-state index in [2.05, 4.69) is 41.6 Å². The summed E-state index contributed by atoms with van der Waals surface area (Å²) in [5.41, 5.74) is 1.52. The van der Waals surface area contributed by atoms with Crippen molar-refractivity contribution in [1.29, 1.82) is 0 Å². The van der Waals surface area contributed by atoms with Crippen LogP contribution in [0.2, 0.25) is 0 Å². The second-order valence-electron chi connectivity index (χ2n) is 4.47. The van der Waals surface area contributed by atoms with Gasteiger partial charge in [0.05, 0.1) is 0 Å². The number of fused-ring (bicyclic) bond motifs is 1. The molecule has 15 heavy (non-hydrogen) atoms. The molecule has 1 aromatic carbocycles. The zero-order valence-corrected chi connectivity index (χ0v) is 9.76. The van der Waals surface area contributed by atoms with Crippen LogP contribution in [0.4, 0.5) is 0 Å². The Hall–Kier alpha value is -0.860. The average Bonchev–Trinajstić information content (AvgIpc) is 2.84. The summed E-state index contributed by atoms with van der Waals surface area (Å²) in [5.74, 6) is 0.749. The predicted octanol–water partition coefficient (Wildman–Crippen LogP) is 3.32. The fourth-order valence-corrected chi connectivity index (χ4v) is 3.22. The highest BCUT2D eigenvalue weighted by Crippen LogP contribution is 2.30. The molecule has 1 nitrogen and oxygen atoms in total. The molecule has 0 radical (unpaired) electrons. The van der Waals surface area contributed by atoms with Crippen LogP contribution in [0.25, 0.3) is 10.1 Å². The first kappa shape index (κ1) is 9.37. The Balaban J connectivity index is 1.97. The third kappa shape index (κ3) is 1.68. The Labute approximate surface area is 94.3 Å². The van der Waals surface area contributed by atoms with E-state index in [-0.39, 0.29) is 0 Å². The van der Waals surface area contributed by atoms with Gasteiger partial charge in [-0.3, -0.25) is 0 Å². The number of thiophene rings is 1. The average molecular weight is 217 g/mol. The van der Waals surface area contributed by atoms with Gasteiger partial charge in [0, 0.05) is 11.2 Å². The maximum atomic E-state index is 2.42. The van der Waals surface area contributed by atoms with Crippen LogP contribution in [-0.4, -0.2) is 25.0 Å². The summed E-state index contributed by atoms with van der Waals surface area (Å²) in [4.78, 5) is 2.42. The molecule has 1 aliphatic rings. The largest absolute Gasteiger partial charge is 0.306 e. The standard InChI is InChI=1S/C13H15NS/c1-14-6-4-12(9-14)10-2-3-13-11(8-10)5-7-15-13/h2-3,5,7-8,12H,4,6,9H2,1H3. The van der Waals surface area contributed by atoms with Crippen LogP contribution in [0, 0.1) is 0 Å². The number of benzene rings is 1. The Bertz CT molecular complexity index is 474. The smallest absolute Gasteiger partial charge is 0.0342 e. The van der Waals surface area contributed by atoms with E-state index < -0.39 is 0 Å². The highest BCUT2D eigenvalue weighted by atomic mass is 32.1. The van der Waals surface area contributed by atoms with Gasteiger partial charge in [-0.05, 0) is 60.5 Å². The van der Waals surface area contributed by atoms with Crippen molar-refractivity contribution in [3.8, 4) is 0 Å². The van der Waals surface area contributed by atoms with Gasteiger partial charge in [0.15, 0.2) is 0 Å². The van der Waals surface area contributed by atoms with Crippen molar-refractivity contribution in [2.45, 2.75) is 12.3 Å². The molecule has 1 fully saturated rings. The molecule has 3 rings (SSSR count). The number of rotatable bonds is 1. The van der Waals surface area contributed by atoms with Gasteiger partial charge >= 0.3 is 0 Å². The Morgan fingerprint density at radius 3 is 3.07 bits per heavy atom. The molecule has 1 aromatic heterocycles. The van der Waals surface area contributed by atoms with Crippen LogP contribution in [0.1, 0.15) is 17.9 Å². The van der Waals surface area contributed by atoms with Crippen LogP contribution >= 0.6 is 11.3 Å². The summed E-state index contributed by atoms with van der Waals surface area (Å²) >= 11 is 1.83. The number of nitrogens with zero attached hydrogens (tertiary/aromatic N) is 1. The van der Waals surface area contributed by atoms with E-state index in [1.807, 2.05) is 11.3 Å². The van der Waals surface area contributed by atoms with Crippen molar-refractivity contribution in [2.24, 2.45) is 0 Å². The van der Waals surface area contributed by atoms with Crippen LogP contribution in [-0.2, 0) is 0 Å². The second kappa shape index (κ2) is 3.62. The molecule has 1 aliphatic heterocycles. The van der Waals surface area contributed by atoms with Crippen LogP contribution in [0.3, 0.4) is 0 Å². The fourth-order valence-electron chi connectivity index (χ4n) is 2.45. The van der Waals surface area contributed by atoms with Crippen molar-refractivity contribution in [3.63, 3.8) is 0 Å². The maximum absolute atomic E-state index is 2.42. The lowest BCUT2D eigenvalue weighted by Gasteiger charge is -2.10. The van der Waals surface area contributed by atoms with Crippen molar-refractivity contribution < 1.29 is 0 Å². The molecule has 2 heteroatoms. The lowest BCUT2D eigenvalue weighted by atomic mass is 9.97. The van der Waals surface area contributed by atoms with Gasteiger partial charge in [0.2, 0.25) is 0 Å². The van der Waals surface area contributed by atoms with E-state index in [0.717, 1.165) is 5.92 Å². The summed E-state index contributed by atoms with van der Waals surface area (Å²) in [7, 11) is 2.21. The molecular formula is C13H15NS. The Morgan fingerprint density at radius 1 is 1.33 bits per heavy atom. The second-order valence-corrected chi connectivity index (χ2v) is 5.41. The Morgan fingerprint density at radius 2 is 2.27 bits per heavy atom. The van der Waals surface area contributed by atoms with Gasteiger partial charge in [0.25, 0.3) is 0 Å². The van der Waals surface area contributed by atoms with Crippen LogP contribution in [0.5, 0.6) is 0 Å². The van der Waals surface area contributed by atoms with Crippen molar-refractivity contribution in [3.05, 3.63) is 35.2 Å². The molecule has 0 amide bonds. The van der Waals surface area contributed by atoms with Crippen molar-refractivity contribution in [1.82, 2.24) is 4.90 Å². The summed E-state index contributed by atoms with van der Waals surface area (Å²) in [5, 5.41) is 3.59. The normalized spacial score (nSPS) is 22.6. The highest BCUT2D eigenvalue weighted by molar-refractivity contribution is 7.17. The first-order valence-corrected chi connectivity index (χ1v) is 6.36. The number of likely N-dealkylation sites (tertiary alicyclic amines) is 1. The van der Waals surface area contributed by atoms with E-state index in [0.29, 0.717) is 0 Å². The SMILES string of the molecule is CN1CCC(c2ccc3sccc3c2)C1. The van der Waals surface area contributed by atoms with Gasteiger partial charge in [0.1, 0.15) is 0 Å². The molecule has 78 valence electrons. The summed E-state index contributed by atoms with van der Waals surface area (Å²) in [6, 6.07) is 9.17. The molecule has 0 N–H and O–H groups in total. The van der Waals surface area contributed by atoms with E-state index >= 15 is 0 Å².